The first kappa shape index (κ1) is 14.0. The number of hydrogen-bond acceptors (Lipinski definition) is 4. The van der Waals surface area contributed by atoms with Crippen LogP contribution in [0.2, 0.25) is 0 Å². The Morgan fingerprint density at radius 3 is 2.81 bits per heavy atom. The predicted molar refractivity (Wildman–Crippen MR) is 78.4 cm³/mol. The second-order valence-electron chi connectivity index (χ2n) is 5.17. The Morgan fingerprint density at radius 1 is 1.29 bits per heavy atom. The number of rotatable bonds is 2. The fourth-order valence-electron chi connectivity index (χ4n) is 2.52. The van der Waals surface area contributed by atoms with E-state index >= 15 is 0 Å². The van der Waals surface area contributed by atoms with Crippen molar-refractivity contribution in [3.05, 3.63) is 53.6 Å². The molecule has 3 rings (SSSR count). The molecule has 0 spiro atoms. The number of nitrogens with one attached hydrogen (secondary N) is 1. The second kappa shape index (κ2) is 5.11. The van der Waals surface area contributed by atoms with Gasteiger partial charge in [-0.2, -0.15) is 0 Å². The SMILES string of the molecule is Cc1ccc(NC2CCS(=O)(=O)c3ccc(F)cc32)cn1. The molecule has 1 atom stereocenters. The number of fused-ring (bicyclic) bond motifs is 1. The lowest BCUT2D eigenvalue weighted by Crippen LogP contribution is -2.24. The first-order valence-electron chi connectivity index (χ1n) is 6.67. The average molecular weight is 306 g/mol. The highest BCUT2D eigenvalue weighted by molar-refractivity contribution is 7.91. The van der Waals surface area contributed by atoms with E-state index in [2.05, 4.69) is 10.3 Å². The number of aromatic nitrogens is 1. The molecule has 1 aliphatic rings. The number of aryl methyl sites for hydroxylation is 1. The van der Waals surface area contributed by atoms with E-state index in [9.17, 15) is 12.8 Å². The van der Waals surface area contributed by atoms with E-state index in [0.29, 0.717) is 12.0 Å². The minimum Gasteiger partial charge on any atom is -0.377 e. The molecular weight excluding hydrogens is 291 g/mol. The van der Waals surface area contributed by atoms with Crippen molar-refractivity contribution < 1.29 is 12.8 Å². The van der Waals surface area contributed by atoms with Gasteiger partial charge >= 0.3 is 0 Å². The first-order chi connectivity index (χ1) is 9.95. The summed E-state index contributed by atoms with van der Waals surface area (Å²) in [5, 5.41) is 3.24. The molecule has 0 radical (unpaired) electrons. The van der Waals surface area contributed by atoms with Crippen molar-refractivity contribution in [1.82, 2.24) is 4.98 Å². The molecule has 0 saturated heterocycles. The largest absolute Gasteiger partial charge is 0.377 e. The molecule has 1 aromatic heterocycles. The molecular formula is C15H15FN2O2S. The molecule has 1 unspecified atom stereocenters. The fourth-order valence-corrected chi connectivity index (χ4v) is 4.12. The molecule has 0 fully saturated rings. The molecule has 6 heteroatoms. The van der Waals surface area contributed by atoms with Crippen molar-refractivity contribution >= 4 is 15.5 Å². The van der Waals surface area contributed by atoms with Gasteiger partial charge < -0.3 is 5.32 Å². The van der Waals surface area contributed by atoms with E-state index < -0.39 is 15.7 Å². The summed E-state index contributed by atoms with van der Waals surface area (Å²) >= 11 is 0. The number of nitrogens with zero attached hydrogens (tertiary/aromatic N) is 1. The Bertz CT molecular complexity index is 773. The van der Waals surface area contributed by atoms with Crippen LogP contribution in [0.25, 0.3) is 0 Å². The summed E-state index contributed by atoms with van der Waals surface area (Å²) < 4.78 is 37.6. The van der Waals surface area contributed by atoms with Gasteiger partial charge in [0.1, 0.15) is 5.82 Å². The topological polar surface area (TPSA) is 59.1 Å². The maximum atomic E-state index is 13.5. The molecule has 1 aromatic carbocycles. The maximum Gasteiger partial charge on any atom is 0.178 e. The molecule has 110 valence electrons. The minimum absolute atomic E-state index is 0.0581. The van der Waals surface area contributed by atoms with Crippen LogP contribution in [-0.2, 0) is 9.84 Å². The molecule has 1 aliphatic heterocycles. The standard InChI is InChI=1S/C15H15FN2O2S/c1-10-2-4-12(9-17-10)18-14-6-7-21(19,20)15-5-3-11(16)8-13(14)15/h2-5,8-9,14,18H,6-7H2,1H3. The van der Waals surface area contributed by atoms with Gasteiger partial charge in [-0.05, 0) is 49.2 Å². The summed E-state index contributed by atoms with van der Waals surface area (Å²) in [6.07, 6.45) is 2.10. The van der Waals surface area contributed by atoms with Crippen molar-refractivity contribution in [2.75, 3.05) is 11.1 Å². The van der Waals surface area contributed by atoms with Crippen molar-refractivity contribution in [2.45, 2.75) is 24.3 Å². The molecule has 0 amide bonds. The molecule has 1 N–H and O–H groups in total. The normalized spacial score (nSPS) is 19.8. The first-order valence-corrected chi connectivity index (χ1v) is 8.32. The Kier molecular flexibility index (Phi) is 3.41. The third-order valence-corrected chi connectivity index (χ3v) is 5.42. The van der Waals surface area contributed by atoms with E-state index in [0.717, 1.165) is 11.4 Å². The van der Waals surface area contributed by atoms with Crippen LogP contribution < -0.4 is 5.32 Å². The zero-order valence-electron chi connectivity index (χ0n) is 11.5. The maximum absolute atomic E-state index is 13.5. The van der Waals surface area contributed by atoms with Gasteiger partial charge in [0.2, 0.25) is 0 Å². The monoisotopic (exact) mass is 306 g/mol. The Labute approximate surface area is 123 Å². The van der Waals surface area contributed by atoms with E-state index in [1.165, 1.54) is 18.2 Å². The Hall–Kier alpha value is -1.95. The van der Waals surface area contributed by atoms with Gasteiger partial charge in [-0.25, -0.2) is 12.8 Å². The van der Waals surface area contributed by atoms with E-state index in [-0.39, 0.29) is 16.7 Å². The molecule has 0 aliphatic carbocycles. The van der Waals surface area contributed by atoms with Crippen LogP contribution in [0.5, 0.6) is 0 Å². The highest BCUT2D eigenvalue weighted by Crippen LogP contribution is 2.34. The van der Waals surface area contributed by atoms with E-state index in [1.807, 2.05) is 19.1 Å². The number of anilines is 1. The van der Waals surface area contributed by atoms with Gasteiger partial charge in [-0.3, -0.25) is 4.98 Å². The van der Waals surface area contributed by atoms with E-state index in [4.69, 9.17) is 0 Å². The summed E-state index contributed by atoms with van der Waals surface area (Å²) in [6.45, 7) is 1.89. The van der Waals surface area contributed by atoms with Crippen LogP contribution in [0.4, 0.5) is 10.1 Å². The number of sulfone groups is 1. The lowest BCUT2D eigenvalue weighted by atomic mass is 10.0. The van der Waals surface area contributed by atoms with Crippen LogP contribution in [0.3, 0.4) is 0 Å². The van der Waals surface area contributed by atoms with Crippen LogP contribution in [0.1, 0.15) is 23.7 Å². The highest BCUT2D eigenvalue weighted by atomic mass is 32.2. The Morgan fingerprint density at radius 2 is 2.10 bits per heavy atom. The van der Waals surface area contributed by atoms with Gasteiger partial charge in [0.15, 0.2) is 9.84 Å². The molecule has 2 aromatic rings. The summed E-state index contributed by atoms with van der Waals surface area (Å²) in [5.41, 5.74) is 2.18. The highest BCUT2D eigenvalue weighted by Gasteiger charge is 2.30. The number of halogens is 1. The van der Waals surface area contributed by atoms with Crippen molar-refractivity contribution in [3.63, 3.8) is 0 Å². The lowest BCUT2D eigenvalue weighted by molar-refractivity contribution is 0.570. The molecule has 4 nitrogen and oxygen atoms in total. The Balaban J connectivity index is 1.98. The zero-order valence-corrected chi connectivity index (χ0v) is 12.3. The predicted octanol–water partition coefficient (Wildman–Crippen LogP) is 2.86. The third-order valence-electron chi connectivity index (χ3n) is 3.61. The summed E-state index contributed by atoms with van der Waals surface area (Å²) in [5.74, 6) is -0.373. The quantitative estimate of drug-likeness (QED) is 0.867. The van der Waals surface area contributed by atoms with Gasteiger partial charge in [0, 0.05) is 5.69 Å². The molecule has 21 heavy (non-hydrogen) atoms. The molecule has 0 bridgehead atoms. The lowest BCUT2D eigenvalue weighted by Gasteiger charge is -2.27. The summed E-state index contributed by atoms with van der Waals surface area (Å²) in [4.78, 5) is 4.41. The van der Waals surface area contributed by atoms with Crippen molar-refractivity contribution in [1.29, 1.82) is 0 Å². The third kappa shape index (κ3) is 2.76. The summed E-state index contributed by atoms with van der Waals surface area (Å²) in [7, 11) is -3.31. The molecule has 0 saturated carbocycles. The number of pyridine rings is 1. The fraction of sp³-hybridized carbons (Fsp3) is 0.267. The average Bonchev–Trinajstić information content (AvgIpc) is 2.44. The van der Waals surface area contributed by atoms with Crippen molar-refractivity contribution in [3.8, 4) is 0 Å². The van der Waals surface area contributed by atoms with Gasteiger partial charge in [0.25, 0.3) is 0 Å². The van der Waals surface area contributed by atoms with Crippen LogP contribution >= 0.6 is 0 Å². The minimum atomic E-state index is -3.31. The van der Waals surface area contributed by atoms with E-state index in [1.54, 1.807) is 6.20 Å². The second-order valence-corrected chi connectivity index (χ2v) is 7.25. The smallest absolute Gasteiger partial charge is 0.178 e. The van der Waals surface area contributed by atoms with Crippen molar-refractivity contribution in [2.24, 2.45) is 0 Å². The van der Waals surface area contributed by atoms with Gasteiger partial charge in [-0.15, -0.1) is 0 Å². The van der Waals surface area contributed by atoms with Crippen LogP contribution in [0, 0.1) is 12.7 Å². The van der Waals surface area contributed by atoms with Gasteiger partial charge in [0.05, 0.1) is 28.6 Å². The van der Waals surface area contributed by atoms with Gasteiger partial charge in [-0.1, -0.05) is 0 Å². The molecule has 2 heterocycles. The number of benzene rings is 1. The summed E-state index contributed by atoms with van der Waals surface area (Å²) in [6, 6.07) is 7.35. The van der Waals surface area contributed by atoms with Crippen LogP contribution in [-0.4, -0.2) is 19.2 Å². The number of hydrogen-bond donors (Lipinski definition) is 1. The zero-order chi connectivity index (χ0) is 15.0. The van der Waals surface area contributed by atoms with Crippen LogP contribution in [0.15, 0.2) is 41.4 Å².